The number of rotatable bonds is 5. The van der Waals surface area contributed by atoms with Crippen molar-refractivity contribution in [2.45, 2.75) is 33.2 Å². The van der Waals surface area contributed by atoms with Gasteiger partial charge in [-0.3, -0.25) is 14.2 Å². The Morgan fingerprint density at radius 1 is 0.971 bits per heavy atom. The predicted molar refractivity (Wildman–Crippen MR) is 137 cm³/mol. The highest BCUT2D eigenvalue weighted by Gasteiger charge is 2.21. The van der Waals surface area contributed by atoms with Crippen molar-refractivity contribution >= 4 is 28.2 Å². The molecule has 6 heteroatoms. The fourth-order valence-electron chi connectivity index (χ4n) is 4.66. The summed E-state index contributed by atoms with van der Waals surface area (Å²) in [6.07, 6.45) is 2.21. The zero-order chi connectivity index (χ0) is 23.7. The number of hydrogen-bond acceptors (Lipinski definition) is 4. The zero-order valence-corrected chi connectivity index (χ0v) is 19.5. The van der Waals surface area contributed by atoms with E-state index in [1.54, 1.807) is 10.6 Å². The minimum Gasteiger partial charge on any atom is -0.370 e. The van der Waals surface area contributed by atoms with Crippen molar-refractivity contribution < 1.29 is 4.79 Å². The van der Waals surface area contributed by atoms with Gasteiger partial charge in [0.15, 0.2) is 0 Å². The summed E-state index contributed by atoms with van der Waals surface area (Å²) in [5, 5.41) is 3.60. The molecule has 4 aromatic rings. The largest absolute Gasteiger partial charge is 0.370 e. The molecule has 0 atom stereocenters. The maximum Gasteiger partial charge on any atom is 0.261 e. The van der Waals surface area contributed by atoms with Crippen molar-refractivity contribution in [3.8, 4) is 0 Å². The van der Waals surface area contributed by atoms with Crippen LogP contribution in [0.2, 0.25) is 0 Å². The molecule has 0 spiro atoms. The fraction of sp³-hybridized carbons (Fsp3) is 0.250. The molecule has 1 aliphatic rings. The highest BCUT2D eigenvalue weighted by atomic mass is 16.1. The molecule has 1 saturated heterocycles. The van der Waals surface area contributed by atoms with Gasteiger partial charge in [0.05, 0.1) is 28.8 Å². The van der Waals surface area contributed by atoms with Gasteiger partial charge in [-0.05, 0) is 56.0 Å². The first-order chi connectivity index (χ1) is 16.5. The van der Waals surface area contributed by atoms with Crippen molar-refractivity contribution in [2.75, 3.05) is 23.3 Å². The standard InChI is InChI=1S/C28H28N4O2/c1-19-10-6-7-13-22(19)27(33)30-25-16-23-24(17-26(25)31-14-8-9-15-31)29-20(2)32(28(23)34)18-21-11-4-3-5-12-21/h3-7,10-13,16-17H,8-9,14-15,18H2,1-2H3,(H,30,33). The van der Waals surface area contributed by atoms with Crippen LogP contribution in [0.15, 0.2) is 71.5 Å². The van der Waals surface area contributed by atoms with Gasteiger partial charge in [0.25, 0.3) is 11.5 Å². The van der Waals surface area contributed by atoms with Crippen LogP contribution in [0.5, 0.6) is 0 Å². The smallest absolute Gasteiger partial charge is 0.261 e. The van der Waals surface area contributed by atoms with Crippen molar-refractivity contribution in [3.05, 3.63) is 99.6 Å². The number of aryl methyl sites for hydroxylation is 2. The quantitative estimate of drug-likeness (QED) is 0.467. The summed E-state index contributed by atoms with van der Waals surface area (Å²) in [7, 11) is 0. The van der Waals surface area contributed by atoms with E-state index in [4.69, 9.17) is 4.98 Å². The number of hydrogen-bond donors (Lipinski definition) is 1. The van der Waals surface area contributed by atoms with Gasteiger partial charge in [-0.1, -0.05) is 48.5 Å². The number of benzene rings is 3. The van der Waals surface area contributed by atoms with E-state index in [1.807, 2.05) is 74.5 Å². The predicted octanol–water partition coefficient (Wildman–Crippen LogP) is 4.91. The van der Waals surface area contributed by atoms with Crippen molar-refractivity contribution in [1.29, 1.82) is 0 Å². The van der Waals surface area contributed by atoms with Crippen molar-refractivity contribution in [2.24, 2.45) is 0 Å². The lowest BCUT2D eigenvalue weighted by atomic mass is 10.1. The first kappa shape index (κ1) is 21.9. The Morgan fingerprint density at radius 2 is 1.68 bits per heavy atom. The number of amides is 1. The molecular weight excluding hydrogens is 424 g/mol. The molecule has 0 saturated carbocycles. The Labute approximate surface area is 198 Å². The molecule has 1 aliphatic heterocycles. The molecule has 1 N–H and O–H groups in total. The molecule has 2 heterocycles. The first-order valence-corrected chi connectivity index (χ1v) is 11.7. The first-order valence-electron chi connectivity index (χ1n) is 11.7. The second kappa shape index (κ2) is 9.14. The number of aromatic nitrogens is 2. The summed E-state index contributed by atoms with van der Waals surface area (Å²) in [5.74, 6) is 0.494. The highest BCUT2D eigenvalue weighted by Crippen LogP contribution is 2.33. The lowest BCUT2D eigenvalue weighted by molar-refractivity contribution is 0.102. The van der Waals surface area contributed by atoms with Gasteiger partial charge in [-0.15, -0.1) is 0 Å². The van der Waals surface area contributed by atoms with E-state index < -0.39 is 0 Å². The van der Waals surface area contributed by atoms with Crippen molar-refractivity contribution in [3.63, 3.8) is 0 Å². The lowest BCUT2D eigenvalue weighted by Gasteiger charge is -2.23. The van der Waals surface area contributed by atoms with E-state index >= 15 is 0 Å². The van der Waals surface area contributed by atoms with E-state index in [2.05, 4.69) is 10.2 Å². The second-order valence-electron chi connectivity index (χ2n) is 8.89. The van der Waals surface area contributed by atoms with Gasteiger partial charge in [-0.25, -0.2) is 4.98 Å². The number of carbonyl (C=O) groups excluding carboxylic acids is 1. The topological polar surface area (TPSA) is 67.2 Å². The van der Waals surface area contributed by atoms with Crippen LogP contribution < -0.4 is 15.8 Å². The third-order valence-corrected chi connectivity index (χ3v) is 6.53. The van der Waals surface area contributed by atoms with E-state index in [0.717, 1.165) is 42.7 Å². The average molecular weight is 453 g/mol. The molecule has 0 aliphatic carbocycles. The summed E-state index contributed by atoms with van der Waals surface area (Å²) in [6.45, 7) is 6.08. The van der Waals surface area contributed by atoms with Crippen LogP contribution in [0.1, 0.15) is 40.2 Å². The molecule has 1 aromatic heterocycles. The third-order valence-electron chi connectivity index (χ3n) is 6.53. The van der Waals surface area contributed by atoms with E-state index in [1.165, 1.54) is 0 Å². The SMILES string of the molecule is Cc1ccccc1C(=O)Nc1cc2c(=O)n(Cc3ccccc3)c(C)nc2cc1N1CCCC1. The van der Waals surface area contributed by atoms with Crippen LogP contribution in [-0.2, 0) is 6.54 Å². The monoisotopic (exact) mass is 452 g/mol. The Kier molecular flexibility index (Phi) is 5.88. The van der Waals surface area contributed by atoms with E-state index in [9.17, 15) is 9.59 Å². The Bertz CT molecular complexity index is 1420. The summed E-state index contributed by atoms with van der Waals surface area (Å²) >= 11 is 0. The number of nitrogens with zero attached hydrogens (tertiary/aromatic N) is 3. The summed E-state index contributed by atoms with van der Waals surface area (Å²) < 4.78 is 1.69. The van der Waals surface area contributed by atoms with Gasteiger partial charge in [0.2, 0.25) is 0 Å². The average Bonchev–Trinajstić information content (AvgIpc) is 3.38. The lowest BCUT2D eigenvalue weighted by Crippen LogP contribution is -2.26. The van der Waals surface area contributed by atoms with Gasteiger partial charge in [0.1, 0.15) is 5.82 Å². The zero-order valence-electron chi connectivity index (χ0n) is 19.5. The van der Waals surface area contributed by atoms with E-state index in [-0.39, 0.29) is 11.5 Å². The van der Waals surface area contributed by atoms with Gasteiger partial charge in [-0.2, -0.15) is 0 Å². The molecule has 5 rings (SSSR count). The molecular formula is C28H28N4O2. The minimum absolute atomic E-state index is 0.106. The maximum absolute atomic E-state index is 13.5. The maximum atomic E-state index is 13.5. The number of fused-ring (bicyclic) bond motifs is 1. The summed E-state index contributed by atoms with van der Waals surface area (Å²) in [6, 6.07) is 21.2. The Balaban J connectivity index is 1.61. The number of carbonyl (C=O) groups is 1. The minimum atomic E-state index is -0.178. The van der Waals surface area contributed by atoms with Crippen LogP contribution in [0.3, 0.4) is 0 Å². The van der Waals surface area contributed by atoms with Crippen LogP contribution in [0.25, 0.3) is 10.9 Å². The van der Waals surface area contributed by atoms with Crippen molar-refractivity contribution in [1.82, 2.24) is 9.55 Å². The molecule has 0 radical (unpaired) electrons. The number of anilines is 2. The summed E-state index contributed by atoms with van der Waals surface area (Å²) in [4.78, 5) is 33.7. The molecule has 6 nitrogen and oxygen atoms in total. The van der Waals surface area contributed by atoms with Gasteiger partial charge < -0.3 is 10.2 Å². The van der Waals surface area contributed by atoms with E-state index in [0.29, 0.717) is 34.5 Å². The number of nitrogens with one attached hydrogen (secondary N) is 1. The van der Waals surface area contributed by atoms with Crippen LogP contribution in [0, 0.1) is 13.8 Å². The van der Waals surface area contributed by atoms with Crippen LogP contribution in [0.4, 0.5) is 11.4 Å². The molecule has 1 amide bonds. The molecule has 3 aromatic carbocycles. The Hall–Kier alpha value is -3.93. The molecule has 0 bridgehead atoms. The molecule has 0 unspecified atom stereocenters. The molecule has 172 valence electrons. The normalized spacial score (nSPS) is 13.4. The highest BCUT2D eigenvalue weighted by molar-refractivity contribution is 6.08. The van der Waals surface area contributed by atoms with Crippen LogP contribution in [-0.4, -0.2) is 28.5 Å². The van der Waals surface area contributed by atoms with Crippen LogP contribution >= 0.6 is 0 Å². The van der Waals surface area contributed by atoms with Gasteiger partial charge in [0, 0.05) is 18.7 Å². The molecule has 1 fully saturated rings. The summed E-state index contributed by atoms with van der Waals surface area (Å²) in [5.41, 5.74) is 4.68. The Morgan fingerprint density at radius 3 is 2.41 bits per heavy atom. The fourth-order valence-corrected chi connectivity index (χ4v) is 4.66. The molecule has 34 heavy (non-hydrogen) atoms. The second-order valence-corrected chi connectivity index (χ2v) is 8.89. The third kappa shape index (κ3) is 4.19. The van der Waals surface area contributed by atoms with Gasteiger partial charge >= 0.3 is 0 Å².